The highest BCUT2D eigenvalue weighted by Gasteiger charge is 2.26. The minimum atomic E-state index is -0.414. The van der Waals surface area contributed by atoms with Gasteiger partial charge in [-0.1, -0.05) is 0 Å². The normalized spacial score (nSPS) is 22.6. The average Bonchev–Trinajstić information content (AvgIpc) is 2.25. The smallest absolute Gasteiger partial charge is 0.333 e. The summed E-state index contributed by atoms with van der Waals surface area (Å²) in [5, 5.41) is 3.31. The molecule has 0 aliphatic carbocycles. The maximum Gasteiger partial charge on any atom is 0.333 e. The topological polar surface area (TPSA) is 38.3 Å². The van der Waals surface area contributed by atoms with E-state index in [9.17, 15) is 4.79 Å². The molecule has 0 saturated carbocycles. The Hall–Kier alpha value is -0.990. The van der Waals surface area contributed by atoms with Gasteiger partial charge in [0.2, 0.25) is 0 Å². The predicted octanol–water partition coefficient (Wildman–Crippen LogP) is 2.37. The number of hydrogen-bond acceptors (Lipinski definition) is 3. The molecule has 0 atom stereocenters. The first kappa shape index (κ1) is 12.1. The number of hydrogen-bond donors (Lipinski definition) is 1. The molecule has 86 valence electrons. The van der Waals surface area contributed by atoms with Crippen LogP contribution in [0.2, 0.25) is 0 Å². The summed E-state index contributed by atoms with van der Waals surface area (Å²) < 4.78 is 5.21. The SMILES string of the molecule is CC1(C)CC/C(=C/C(=O)OC(C)(C)C)N1. The third-order valence-electron chi connectivity index (χ3n) is 2.22. The molecule has 1 fully saturated rings. The fourth-order valence-electron chi connectivity index (χ4n) is 1.59. The van der Waals surface area contributed by atoms with Gasteiger partial charge in [0.15, 0.2) is 0 Å². The molecule has 0 bridgehead atoms. The van der Waals surface area contributed by atoms with Crippen LogP contribution in [0.4, 0.5) is 0 Å². The summed E-state index contributed by atoms with van der Waals surface area (Å²) in [4.78, 5) is 11.5. The molecule has 1 N–H and O–H groups in total. The lowest BCUT2D eigenvalue weighted by atomic mass is 10.0. The Bertz CT molecular complexity index is 284. The second-order valence-corrected chi connectivity index (χ2v) is 5.71. The van der Waals surface area contributed by atoms with Crippen LogP contribution in [0.3, 0.4) is 0 Å². The quantitative estimate of drug-likeness (QED) is 0.534. The second kappa shape index (κ2) is 3.87. The summed E-state index contributed by atoms with van der Waals surface area (Å²) in [6.45, 7) is 9.87. The molecule has 15 heavy (non-hydrogen) atoms. The fraction of sp³-hybridized carbons (Fsp3) is 0.750. The molecule has 3 nitrogen and oxygen atoms in total. The van der Waals surface area contributed by atoms with Crippen LogP contribution >= 0.6 is 0 Å². The molecule has 3 heteroatoms. The van der Waals surface area contributed by atoms with Gasteiger partial charge in [-0.25, -0.2) is 4.79 Å². The van der Waals surface area contributed by atoms with Crippen LogP contribution in [0.25, 0.3) is 0 Å². The molecule has 0 amide bonds. The van der Waals surface area contributed by atoms with Crippen molar-refractivity contribution in [2.75, 3.05) is 0 Å². The van der Waals surface area contributed by atoms with Crippen LogP contribution < -0.4 is 5.32 Å². The van der Waals surface area contributed by atoms with E-state index in [1.165, 1.54) is 0 Å². The first-order chi connectivity index (χ1) is 6.68. The van der Waals surface area contributed by atoms with Crippen LogP contribution in [-0.2, 0) is 9.53 Å². The lowest BCUT2D eigenvalue weighted by Gasteiger charge is -2.19. The molecule has 0 aromatic rings. The molecule has 1 rings (SSSR count). The third kappa shape index (κ3) is 4.36. The minimum absolute atomic E-state index is 0.105. The molecule has 1 heterocycles. The van der Waals surface area contributed by atoms with Crippen molar-refractivity contribution in [3.05, 3.63) is 11.8 Å². The standard InChI is InChI=1S/C12H21NO2/c1-11(2,3)15-10(14)8-9-6-7-12(4,5)13-9/h8,13H,6-7H2,1-5H3/b9-8-. The summed E-state index contributed by atoms with van der Waals surface area (Å²) in [5.74, 6) is -0.261. The number of ether oxygens (including phenoxy) is 1. The Kier molecular flexibility index (Phi) is 3.12. The van der Waals surface area contributed by atoms with Gasteiger partial charge in [-0.15, -0.1) is 0 Å². The number of nitrogens with one attached hydrogen (secondary N) is 1. The highest BCUT2D eigenvalue weighted by Crippen LogP contribution is 2.24. The third-order valence-corrected chi connectivity index (χ3v) is 2.22. The lowest BCUT2D eigenvalue weighted by molar-refractivity contribution is -0.148. The van der Waals surface area contributed by atoms with Gasteiger partial charge in [0.05, 0.1) is 0 Å². The van der Waals surface area contributed by atoms with E-state index in [0.717, 1.165) is 18.5 Å². The highest BCUT2D eigenvalue weighted by molar-refractivity contribution is 5.83. The molecule has 0 unspecified atom stereocenters. The number of esters is 1. The summed E-state index contributed by atoms with van der Waals surface area (Å²) in [6, 6.07) is 0. The van der Waals surface area contributed by atoms with Crippen molar-refractivity contribution >= 4 is 5.97 Å². The molecule has 1 aliphatic rings. The van der Waals surface area contributed by atoms with Crippen molar-refractivity contribution in [2.24, 2.45) is 0 Å². The molecule has 0 radical (unpaired) electrons. The number of carbonyl (C=O) groups excluding carboxylic acids is 1. The van der Waals surface area contributed by atoms with Gasteiger partial charge in [0, 0.05) is 17.3 Å². The van der Waals surface area contributed by atoms with Crippen molar-refractivity contribution in [3.63, 3.8) is 0 Å². The van der Waals surface area contributed by atoms with Gasteiger partial charge in [0.25, 0.3) is 0 Å². The van der Waals surface area contributed by atoms with Crippen LogP contribution in [0.1, 0.15) is 47.5 Å². The van der Waals surface area contributed by atoms with E-state index >= 15 is 0 Å². The van der Waals surface area contributed by atoms with E-state index in [2.05, 4.69) is 19.2 Å². The van der Waals surface area contributed by atoms with Crippen LogP contribution in [0.5, 0.6) is 0 Å². The summed E-state index contributed by atoms with van der Waals surface area (Å²) >= 11 is 0. The molecule has 1 saturated heterocycles. The number of carbonyl (C=O) groups is 1. The molecule has 0 spiro atoms. The Balaban J connectivity index is 2.55. The van der Waals surface area contributed by atoms with Crippen molar-refractivity contribution in [1.29, 1.82) is 0 Å². The van der Waals surface area contributed by atoms with Crippen molar-refractivity contribution in [2.45, 2.75) is 58.6 Å². The molecule has 0 aromatic carbocycles. The first-order valence-electron chi connectivity index (χ1n) is 5.40. The van der Waals surface area contributed by atoms with Gasteiger partial charge < -0.3 is 10.1 Å². The van der Waals surface area contributed by atoms with Gasteiger partial charge >= 0.3 is 5.97 Å². The highest BCUT2D eigenvalue weighted by atomic mass is 16.6. The zero-order valence-electron chi connectivity index (χ0n) is 10.3. The monoisotopic (exact) mass is 211 g/mol. The minimum Gasteiger partial charge on any atom is -0.457 e. The van der Waals surface area contributed by atoms with E-state index in [0.29, 0.717) is 0 Å². The van der Waals surface area contributed by atoms with Gasteiger partial charge in [0.1, 0.15) is 5.60 Å². The maximum atomic E-state index is 11.5. The Labute approximate surface area is 91.9 Å². The second-order valence-electron chi connectivity index (χ2n) is 5.71. The van der Waals surface area contributed by atoms with Crippen LogP contribution in [0.15, 0.2) is 11.8 Å². The first-order valence-corrected chi connectivity index (χ1v) is 5.40. The largest absolute Gasteiger partial charge is 0.457 e. The average molecular weight is 211 g/mol. The van der Waals surface area contributed by atoms with Crippen molar-refractivity contribution in [1.82, 2.24) is 5.32 Å². The summed E-state index contributed by atoms with van der Waals surface area (Å²) in [7, 11) is 0. The van der Waals surface area contributed by atoms with Gasteiger partial charge in [-0.05, 0) is 47.5 Å². The van der Waals surface area contributed by atoms with Crippen molar-refractivity contribution in [3.8, 4) is 0 Å². The number of rotatable bonds is 1. The Morgan fingerprint density at radius 1 is 1.47 bits per heavy atom. The van der Waals surface area contributed by atoms with Crippen molar-refractivity contribution < 1.29 is 9.53 Å². The van der Waals surface area contributed by atoms with Crippen LogP contribution in [0, 0.1) is 0 Å². The molecular weight excluding hydrogens is 190 g/mol. The van der Waals surface area contributed by atoms with E-state index in [-0.39, 0.29) is 11.5 Å². The van der Waals surface area contributed by atoms with E-state index in [4.69, 9.17) is 4.74 Å². The fourth-order valence-corrected chi connectivity index (χ4v) is 1.59. The zero-order chi connectivity index (χ0) is 11.7. The predicted molar refractivity (Wildman–Crippen MR) is 60.4 cm³/mol. The summed E-state index contributed by atoms with van der Waals surface area (Å²) in [6.07, 6.45) is 3.55. The van der Waals surface area contributed by atoms with E-state index < -0.39 is 5.60 Å². The Morgan fingerprint density at radius 3 is 2.47 bits per heavy atom. The Morgan fingerprint density at radius 2 is 2.07 bits per heavy atom. The number of allylic oxidation sites excluding steroid dienone is 1. The molecular formula is C12H21NO2. The van der Waals surface area contributed by atoms with E-state index in [1.807, 2.05) is 20.8 Å². The van der Waals surface area contributed by atoms with Gasteiger partial charge in [-0.3, -0.25) is 0 Å². The maximum absolute atomic E-state index is 11.5. The summed E-state index contributed by atoms with van der Waals surface area (Å²) in [5.41, 5.74) is 0.671. The lowest BCUT2D eigenvalue weighted by Crippen LogP contribution is -2.31. The van der Waals surface area contributed by atoms with Crippen LogP contribution in [-0.4, -0.2) is 17.1 Å². The van der Waals surface area contributed by atoms with Gasteiger partial charge in [-0.2, -0.15) is 0 Å². The van der Waals surface area contributed by atoms with E-state index in [1.54, 1.807) is 6.08 Å². The molecule has 1 aliphatic heterocycles. The zero-order valence-corrected chi connectivity index (χ0v) is 10.3. The molecule has 0 aromatic heterocycles.